The summed E-state index contributed by atoms with van der Waals surface area (Å²) in [6, 6.07) is 1.52. The first-order valence-electron chi connectivity index (χ1n) is 4.71. The second kappa shape index (κ2) is 5.62. The second-order valence-corrected chi connectivity index (χ2v) is 2.71. The van der Waals surface area contributed by atoms with Crippen LogP contribution in [0.15, 0.2) is 12.3 Å². The molecule has 1 N–H and O–H groups in total. The summed E-state index contributed by atoms with van der Waals surface area (Å²) in [5.74, 6) is 0.120. The highest BCUT2D eigenvalue weighted by molar-refractivity contribution is 5.04. The van der Waals surface area contributed by atoms with Crippen LogP contribution in [0.3, 0.4) is 0 Å². The van der Waals surface area contributed by atoms with Crippen LogP contribution < -0.4 is 0 Å². The fraction of sp³-hybridized carbons (Fsp3) is 0.667. The summed E-state index contributed by atoms with van der Waals surface area (Å²) in [5, 5.41) is 13.3. The SMILES string of the molecule is CCOC(Cn1nccc1O)OCC. The van der Waals surface area contributed by atoms with Crippen LogP contribution >= 0.6 is 0 Å². The Morgan fingerprint density at radius 1 is 1.43 bits per heavy atom. The number of ether oxygens (including phenoxy) is 2. The quantitative estimate of drug-likeness (QED) is 0.696. The van der Waals surface area contributed by atoms with E-state index in [1.54, 1.807) is 0 Å². The van der Waals surface area contributed by atoms with Gasteiger partial charge in [-0.3, -0.25) is 0 Å². The van der Waals surface area contributed by atoms with Crippen molar-refractivity contribution >= 4 is 0 Å². The molecule has 0 fully saturated rings. The number of hydrogen-bond donors (Lipinski definition) is 1. The molecule has 1 aromatic rings. The van der Waals surface area contributed by atoms with E-state index < -0.39 is 0 Å². The average Bonchev–Trinajstić information content (AvgIpc) is 2.53. The highest BCUT2D eigenvalue weighted by Crippen LogP contribution is 2.08. The molecule has 0 bridgehead atoms. The Hall–Kier alpha value is -1.07. The van der Waals surface area contributed by atoms with Crippen molar-refractivity contribution < 1.29 is 14.6 Å². The third-order valence-electron chi connectivity index (χ3n) is 1.72. The molecule has 0 aliphatic heterocycles. The Bertz CT molecular complexity index is 256. The van der Waals surface area contributed by atoms with Crippen LogP contribution in [0, 0.1) is 0 Å². The molecule has 1 rings (SSSR count). The van der Waals surface area contributed by atoms with E-state index in [0.29, 0.717) is 19.8 Å². The number of nitrogens with zero attached hydrogens (tertiary/aromatic N) is 2. The molecule has 5 nitrogen and oxygen atoms in total. The van der Waals surface area contributed by atoms with Gasteiger partial charge in [-0.15, -0.1) is 0 Å². The van der Waals surface area contributed by atoms with E-state index in [4.69, 9.17) is 9.47 Å². The lowest BCUT2D eigenvalue weighted by molar-refractivity contribution is -0.145. The van der Waals surface area contributed by atoms with E-state index in [9.17, 15) is 5.11 Å². The predicted octanol–water partition coefficient (Wildman–Crippen LogP) is 0.988. The summed E-state index contributed by atoms with van der Waals surface area (Å²) in [4.78, 5) is 0. The van der Waals surface area contributed by atoms with Crippen LogP contribution in [-0.2, 0) is 16.0 Å². The van der Waals surface area contributed by atoms with Gasteiger partial charge in [-0.2, -0.15) is 5.10 Å². The van der Waals surface area contributed by atoms with E-state index in [1.165, 1.54) is 16.9 Å². The van der Waals surface area contributed by atoms with Gasteiger partial charge < -0.3 is 14.6 Å². The molecular weight excluding hydrogens is 184 g/mol. The zero-order valence-electron chi connectivity index (χ0n) is 8.51. The Morgan fingerprint density at radius 2 is 2.07 bits per heavy atom. The van der Waals surface area contributed by atoms with Gasteiger partial charge >= 0.3 is 0 Å². The van der Waals surface area contributed by atoms with Crippen LogP contribution in [0.4, 0.5) is 0 Å². The van der Waals surface area contributed by atoms with E-state index in [0.717, 1.165) is 0 Å². The van der Waals surface area contributed by atoms with Crippen LogP contribution in [0.25, 0.3) is 0 Å². The number of aromatic hydroxyl groups is 1. The normalized spacial score (nSPS) is 11.1. The first-order chi connectivity index (χ1) is 6.77. The lowest BCUT2D eigenvalue weighted by Crippen LogP contribution is -2.24. The molecule has 80 valence electrons. The summed E-state index contributed by atoms with van der Waals surface area (Å²) in [6.07, 6.45) is 1.18. The Kier molecular flexibility index (Phi) is 4.42. The van der Waals surface area contributed by atoms with Gasteiger partial charge in [0, 0.05) is 19.3 Å². The average molecular weight is 200 g/mol. The molecule has 0 atom stereocenters. The van der Waals surface area contributed by atoms with E-state index in [-0.39, 0.29) is 12.2 Å². The highest BCUT2D eigenvalue weighted by atomic mass is 16.7. The van der Waals surface area contributed by atoms with Gasteiger partial charge in [0.25, 0.3) is 0 Å². The molecule has 0 amide bonds. The summed E-state index contributed by atoms with van der Waals surface area (Å²) in [6.45, 7) is 5.35. The van der Waals surface area contributed by atoms with Crippen LogP contribution in [0.2, 0.25) is 0 Å². The molecule has 0 aliphatic carbocycles. The third kappa shape index (κ3) is 3.01. The molecule has 0 unspecified atom stereocenters. The molecule has 0 saturated heterocycles. The van der Waals surface area contributed by atoms with Crippen molar-refractivity contribution in [1.82, 2.24) is 9.78 Å². The maximum Gasteiger partial charge on any atom is 0.209 e. The first kappa shape index (κ1) is 11.0. The fourth-order valence-electron chi connectivity index (χ4n) is 1.13. The topological polar surface area (TPSA) is 56.5 Å². The third-order valence-corrected chi connectivity index (χ3v) is 1.72. The molecular formula is C9H16N2O3. The van der Waals surface area contributed by atoms with Crippen molar-refractivity contribution in [3.63, 3.8) is 0 Å². The second-order valence-electron chi connectivity index (χ2n) is 2.71. The Morgan fingerprint density at radius 3 is 2.50 bits per heavy atom. The van der Waals surface area contributed by atoms with Gasteiger partial charge in [-0.25, -0.2) is 4.68 Å². The number of aromatic nitrogens is 2. The summed E-state index contributed by atoms with van der Waals surface area (Å²) >= 11 is 0. The minimum absolute atomic E-state index is 0.120. The van der Waals surface area contributed by atoms with Gasteiger partial charge in [0.1, 0.15) is 0 Å². The zero-order valence-corrected chi connectivity index (χ0v) is 8.51. The largest absolute Gasteiger partial charge is 0.493 e. The molecule has 1 heterocycles. The minimum Gasteiger partial charge on any atom is -0.493 e. The van der Waals surface area contributed by atoms with Crippen molar-refractivity contribution in [3.8, 4) is 5.88 Å². The smallest absolute Gasteiger partial charge is 0.209 e. The molecule has 5 heteroatoms. The van der Waals surface area contributed by atoms with Crippen molar-refractivity contribution in [2.24, 2.45) is 0 Å². The first-order valence-corrected chi connectivity index (χ1v) is 4.71. The van der Waals surface area contributed by atoms with Gasteiger partial charge in [-0.05, 0) is 13.8 Å². The summed E-state index contributed by atoms with van der Waals surface area (Å²) in [7, 11) is 0. The highest BCUT2D eigenvalue weighted by Gasteiger charge is 2.11. The van der Waals surface area contributed by atoms with Gasteiger partial charge in [0.2, 0.25) is 5.88 Å². The van der Waals surface area contributed by atoms with Crippen LogP contribution in [0.1, 0.15) is 13.8 Å². The lowest BCUT2D eigenvalue weighted by Gasteiger charge is -2.16. The number of hydrogen-bond acceptors (Lipinski definition) is 4. The van der Waals surface area contributed by atoms with Gasteiger partial charge in [0.15, 0.2) is 6.29 Å². The molecule has 0 saturated carbocycles. The Balaban J connectivity index is 2.50. The van der Waals surface area contributed by atoms with Crippen molar-refractivity contribution in [2.45, 2.75) is 26.7 Å². The molecule has 0 aliphatic rings. The fourth-order valence-corrected chi connectivity index (χ4v) is 1.13. The minimum atomic E-state index is -0.351. The zero-order chi connectivity index (χ0) is 10.4. The molecule has 0 spiro atoms. The molecule has 1 aromatic heterocycles. The predicted molar refractivity (Wildman–Crippen MR) is 50.9 cm³/mol. The molecule has 0 radical (unpaired) electrons. The van der Waals surface area contributed by atoms with E-state index >= 15 is 0 Å². The summed E-state index contributed by atoms with van der Waals surface area (Å²) < 4.78 is 12.1. The molecule has 14 heavy (non-hydrogen) atoms. The van der Waals surface area contributed by atoms with E-state index in [1.807, 2.05) is 13.8 Å². The van der Waals surface area contributed by atoms with Crippen molar-refractivity contribution in [3.05, 3.63) is 12.3 Å². The maximum atomic E-state index is 9.33. The monoisotopic (exact) mass is 200 g/mol. The number of rotatable bonds is 6. The van der Waals surface area contributed by atoms with Crippen molar-refractivity contribution in [1.29, 1.82) is 0 Å². The standard InChI is InChI=1S/C9H16N2O3/c1-3-13-9(14-4-2)7-11-8(12)5-6-10-11/h5-6,9,12H,3-4,7H2,1-2H3. The van der Waals surface area contributed by atoms with E-state index in [2.05, 4.69) is 5.10 Å². The maximum absolute atomic E-state index is 9.33. The summed E-state index contributed by atoms with van der Waals surface area (Å²) in [5.41, 5.74) is 0. The lowest BCUT2D eigenvalue weighted by atomic mass is 10.6. The Labute approximate surface area is 83.2 Å². The van der Waals surface area contributed by atoms with Gasteiger partial charge in [-0.1, -0.05) is 0 Å². The van der Waals surface area contributed by atoms with Crippen molar-refractivity contribution in [2.75, 3.05) is 13.2 Å². The van der Waals surface area contributed by atoms with Crippen LogP contribution in [-0.4, -0.2) is 34.4 Å². The van der Waals surface area contributed by atoms with Crippen LogP contribution in [0.5, 0.6) is 5.88 Å². The molecule has 0 aromatic carbocycles. The van der Waals surface area contributed by atoms with Gasteiger partial charge in [0.05, 0.1) is 12.7 Å².